The maximum Gasteiger partial charge on any atom is 0.314 e. The van der Waals surface area contributed by atoms with Crippen LogP contribution in [0.1, 0.15) is 39.5 Å². The van der Waals surface area contributed by atoms with E-state index in [-0.39, 0.29) is 6.03 Å². The number of primary amides is 1. The van der Waals surface area contributed by atoms with E-state index in [1.54, 1.807) is 4.90 Å². The summed E-state index contributed by atoms with van der Waals surface area (Å²) in [6, 6.07) is -0.281. The van der Waals surface area contributed by atoms with Gasteiger partial charge >= 0.3 is 6.03 Å². The average Bonchev–Trinajstić information content (AvgIpc) is 2.04. The Morgan fingerprint density at radius 2 is 1.58 bits per heavy atom. The van der Waals surface area contributed by atoms with Crippen LogP contribution in [0, 0.1) is 0 Å². The minimum atomic E-state index is -0.281. The van der Waals surface area contributed by atoms with E-state index in [2.05, 4.69) is 13.8 Å². The summed E-state index contributed by atoms with van der Waals surface area (Å²) in [5.74, 6) is 0. The molecule has 0 aromatic carbocycles. The molecule has 0 heterocycles. The maximum atomic E-state index is 10.9. The second-order valence-corrected chi connectivity index (χ2v) is 3.03. The number of carbonyl (C=O) groups is 1. The number of rotatable bonds is 6. The van der Waals surface area contributed by atoms with E-state index in [9.17, 15) is 4.79 Å². The van der Waals surface area contributed by atoms with Gasteiger partial charge in [-0.1, -0.05) is 26.7 Å². The van der Waals surface area contributed by atoms with Gasteiger partial charge in [-0.15, -0.1) is 0 Å². The molecule has 2 amide bonds. The number of amides is 2. The van der Waals surface area contributed by atoms with Crippen molar-refractivity contribution in [2.24, 2.45) is 5.73 Å². The number of urea groups is 1. The van der Waals surface area contributed by atoms with E-state index in [4.69, 9.17) is 5.73 Å². The zero-order chi connectivity index (χ0) is 9.40. The van der Waals surface area contributed by atoms with Gasteiger partial charge in [0.05, 0.1) is 0 Å². The fourth-order valence-electron chi connectivity index (χ4n) is 1.03. The Labute approximate surface area is 74.9 Å². The van der Waals surface area contributed by atoms with Crippen LogP contribution in [0.5, 0.6) is 0 Å². The van der Waals surface area contributed by atoms with Crippen LogP contribution in [0.15, 0.2) is 0 Å². The van der Waals surface area contributed by atoms with Gasteiger partial charge in [-0.3, -0.25) is 0 Å². The van der Waals surface area contributed by atoms with Crippen LogP contribution in [-0.2, 0) is 0 Å². The van der Waals surface area contributed by atoms with Gasteiger partial charge in [0.1, 0.15) is 0 Å². The summed E-state index contributed by atoms with van der Waals surface area (Å²) < 4.78 is 0. The van der Waals surface area contributed by atoms with Crippen molar-refractivity contribution in [2.45, 2.75) is 39.5 Å². The summed E-state index contributed by atoms with van der Waals surface area (Å²) in [5.41, 5.74) is 5.21. The molecule has 0 aromatic heterocycles. The Morgan fingerprint density at radius 3 is 1.83 bits per heavy atom. The number of nitrogens with zero attached hydrogens (tertiary/aromatic N) is 1. The summed E-state index contributed by atoms with van der Waals surface area (Å²) in [6.45, 7) is 5.84. The summed E-state index contributed by atoms with van der Waals surface area (Å²) in [4.78, 5) is 12.6. The van der Waals surface area contributed by atoms with E-state index in [0.29, 0.717) is 0 Å². The average molecular weight is 172 g/mol. The highest BCUT2D eigenvalue weighted by atomic mass is 16.2. The van der Waals surface area contributed by atoms with Gasteiger partial charge in [-0.2, -0.15) is 0 Å². The number of hydrogen-bond acceptors (Lipinski definition) is 1. The highest BCUT2D eigenvalue weighted by Gasteiger charge is 2.06. The molecule has 12 heavy (non-hydrogen) atoms. The van der Waals surface area contributed by atoms with Gasteiger partial charge in [0.2, 0.25) is 0 Å². The number of unbranched alkanes of at least 4 members (excludes halogenated alkanes) is 2. The molecule has 0 aromatic rings. The van der Waals surface area contributed by atoms with Crippen molar-refractivity contribution in [3.63, 3.8) is 0 Å². The summed E-state index contributed by atoms with van der Waals surface area (Å²) in [7, 11) is 0. The Bertz CT molecular complexity index is 118. The fourth-order valence-corrected chi connectivity index (χ4v) is 1.03. The van der Waals surface area contributed by atoms with Gasteiger partial charge in [-0.25, -0.2) is 4.79 Å². The minimum Gasteiger partial charge on any atom is -0.351 e. The van der Waals surface area contributed by atoms with E-state index >= 15 is 0 Å². The quantitative estimate of drug-likeness (QED) is 0.654. The predicted octanol–water partition coefficient (Wildman–Crippen LogP) is 1.97. The SMILES string of the molecule is CCCCN(CCCC)C(N)=O. The number of hydrogen-bond donors (Lipinski definition) is 1. The van der Waals surface area contributed by atoms with Crippen molar-refractivity contribution in [3.8, 4) is 0 Å². The molecular formula is C9H20N2O. The second-order valence-electron chi connectivity index (χ2n) is 3.03. The molecular weight excluding hydrogens is 152 g/mol. The largest absolute Gasteiger partial charge is 0.351 e. The van der Waals surface area contributed by atoms with Gasteiger partial charge in [0.25, 0.3) is 0 Å². The van der Waals surface area contributed by atoms with Crippen LogP contribution in [0.25, 0.3) is 0 Å². The van der Waals surface area contributed by atoms with E-state index in [1.165, 1.54) is 0 Å². The molecule has 2 N–H and O–H groups in total. The van der Waals surface area contributed by atoms with Gasteiger partial charge in [-0.05, 0) is 12.8 Å². The van der Waals surface area contributed by atoms with Crippen LogP contribution in [0.4, 0.5) is 4.79 Å². The molecule has 0 saturated heterocycles. The molecule has 72 valence electrons. The molecule has 0 fully saturated rings. The predicted molar refractivity (Wildman–Crippen MR) is 51.0 cm³/mol. The van der Waals surface area contributed by atoms with Crippen molar-refractivity contribution in [2.75, 3.05) is 13.1 Å². The Balaban J connectivity index is 3.62. The normalized spacial score (nSPS) is 9.83. The topological polar surface area (TPSA) is 46.3 Å². The molecule has 0 aliphatic rings. The molecule has 0 rings (SSSR count). The Hall–Kier alpha value is -0.730. The minimum absolute atomic E-state index is 0.281. The van der Waals surface area contributed by atoms with Crippen LogP contribution < -0.4 is 5.73 Å². The fraction of sp³-hybridized carbons (Fsp3) is 0.889. The molecule has 3 heteroatoms. The lowest BCUT2D eigenvalue weighted by Gasteiger charge is -2.19. The lowest BCUT2D eigenvalue weighted by Crippen LogP contribution is -2.37. The number of nitrogens with two attached hydrogens (primary N) is 1. The zero-order valence-electron chi connectivity index (χ0n) is 8.18. The molecule has 0 unspecified atom stereocenters. The van der Waals surface area contributed by atoms with Crippen molar-refractivity contribution in [3.05, 3.63) is 0 Å². The maximum absolute atomic E-state index is 10.9. The first kappa shape index (κ1) is 11.3. The highest BCUT2D eigenvalue weighted by molar-refractivity contribution is 5.71. The first-order valence-corrected chi connectivity index (χ1v) is 4.76. The van der Waals surface area contributed by atoms with E-state index in [1.807, 2.05) is 0 Å². The first-order chi connectivity index (χ1) is 5.72. The summed E-state index contributed by atoms with van der Waals surface area (Å²) in [6.07, 6.45) is 4.31. The highest BCUT2D eigenvalue weighted by Crippen LogP contribution is 1.98. The van der Waals surface area contributed by atoms with Crippen molar-refractivity contribution < 1.29 is 4.79 Å². The van der Waals surface area contributed by atoms with Gasteiger partial charge in [0, 0.05) is 13.1 Å². The lowest BCUT2D eigenvalue weighted by atomic mass is 10.3. The summed E-state index contributed by atoms with van der Waals surface area (Å²) in [5, 5.41) is 0. The van der Waals surface area contributed by atoms with Crippen LogP contribution in [0.2, 0.25) is 0 Å². The first-order valence-electron chi connectivity index (χ1n) is 4.76. The third-order valence-electron chi connectivity index (χ3n) is 1.87. The Kier molecular flexibility index (Phi) is 6.53. The van der Waals surface area contributed by atoms with Crippen molar-refractivity contribution in [1.82, 2.24) is 4.90 Å². The molecule has 0 aliphatic carbocycles. The Morgan fingerprint density at radius 1 is 1.17 bits per heavy atom. The monoisotopic (exact) mass is 172 g/mol. The van der Waals surface area contributed by atoms with Crippen LogP contribution in [0.3, 0.4) is 0 Å². The van der Waals surface area contributed by atoms with Crippen LogP contribution in [-0.4, -0.2) is 24.0 Å². The van der Waals surface area contributed by atoms with E-state index < -0.39 is 0 Å². The molecule has 0 bridgehead atoms. The molecule has 0 radical (unpaired) electrons. The summed E-state index contributed by atoms with van der Waals surface area (Å²) >= 11 is 0. The molecule has 0 spiro atoms. The molecule has 0 atom stereocenters. The second kappa shape index (κ2) is 6.95. The van der Waals surface area contributed by atoms with Gasteiger partial charge < -0.3 is 10.6 Å². The van der Waals surface area contributed by atoms with Gasteiger partial charge in [0.15, 0.2) is 0 Å². The number of carbonyl (C=O) groups excluding carboxylic acids is 1. The molecule has 0 saturated carbocycles. The third-order valence-corrected chi connectivity index (χ3v) is 1.87. The third kappa shape index (κ3) is 4.99. The molecule has 0 aliphatic heterocycles. The van der Waals surface area contributed by atoms with Crippen LogP contribution >= 0.6 is 0 Å². The standard InChI is InChI=1S/C9H20N2O/c1-3-5-7-11(9(10)12)8-6-4-2/h3-8H2,1-2H3,(H2,10,12). The zero-order valence-corrected chi connectivity index (χ0v) is 8.18. The lowest BCUT2D eigenvalue weighted by molar-refractivity contribution is 0.205. The van der Waals surface area contributed by atoms with Crippen molar-refractivity contribution in [1.29, 1.82) is 0 Å². The van der Waals surface area contributed by atoms with E-state index in [0.717, 1.165) is 38.8 Å². The van der Waals surface area contributed by atoms with Crippen molar-refractivity contribution >= 4 is 6.03 Å². The molecule has 3 nitrogen and oxygen atoms in total. The smallest absolute Gasteiger partial charge is 0.314 e.